The SMILES string of the molecule is NCCC=Cc1ccc(C(=O)CCl)cc1. The van der Waals surface area contributed by atoms with E-state index in [1.165, 1.54) is 0 Å². The van der Waals surface area contributed by atoms with E-state index in [1.807, 2.05) is 24.3 Å². The van der Waals surface area contributed by atoms with E-state index >= 15 is 0 Å². The molecule has 80 valence electrons. The van der Waals surface area contributed by atoms with Gasteiger partial charge in [-0.2, -0.15) is 0 Å². The Bertz CT molecular complexity index is 343. The molecule has 0 radical (unpaired) electrons. The first-order chi connectivity index (χ1) is 7.27. The standard InChI is InChI=1S/C12H14ClNO/c13-9-12(15)11-6-4-10(5-7-11)3-1-2-8-14/h1,3-7H,2,8-9,14H2. The molecule has 3 heteroatoms. The largest absolute Gasteiger partial charge is 0.330 e. The summed E-state index contributed by atoms with van der Waals surface area (Å²) in [6.07, 6.45) is 4.86. The highest BCUT2D eigenvalue weighted by Gasteiger charge is 2.01. The van der Waals surface area contributed by atoms with Crippen molar-refractivity contribution in [2.45, 2.75) is 6.42 Å². The molecule has 0 fully saturated rings. The molecule has 0 atom stereocenters. The van der Waals surface area contributed by atoms with Crippen LogP contribution in [0, 0.1) is 0 Å². The summed E-state index contributed by atoms with van der Waals surface area (Å²) >= 11 is 5.45. The molecule has 0 bridgehead atoms. The van der Waals surface area contributed by atoms with Gasteiger partial charge in [0.15, 0.2) is 5.78 Å². The van der Waals surface area contributed by atoms with Gasteiger partial charge in [0.1, 0.15) is 0 Å². The average molecular weight is 224 g/mol. The molecule has 0 aromatic heterocycles. The minimum absolute atomic E-state index is 0.0301. The van der Waals surface area contributed by atoms with Crippen LogP contribution in [0.15, 0.2) is 30.3 Å². The Balaban J connectivity index is 2.68. The number of Topliss-reactive ketones (excluding diaryl/α,β-unsaturated/α-hetero) is 1. The zero-order valence-electron chi connectivity index (χ0n) is 8.45. The molecule has 2 nitrogen and oxygen atoms in total. The van der Waals surface area contributed by atoms with Crippen LogP contribution in [0.3, 0.4) is 0 Å². The van der Waals surface area contributed by atoms with Gasteiger partial charge in [0, 0.05) is 5.56 Å². The first-order valence-corrected chi connectivity index (χ1v) is 5.37. The van der Waals surface area contributed by atoms with E-state index in [0.717, 1.165) is 12.0 Å². The molecule has 0 aliphatic heterocycles. The maximum atomic E-state index is 11.2. The number of ketones is 1. The Hall–Kier alpha value is -1.12. The number of rotatable bonds is 5. The Morgan fingerprint density at radius 2 is 2.00 bits per heavy atom. The van der Waals surface area contributed by atoms with Gasteiger partial charge in [0.25, 0.3) is 0 Å². The molecule has 2 N–H and O–H groups in total. The lowest BCUT2D eigenvalue weighted by Crippen LogP contribution is -1.99. The van der Waals surface area contributed by atoms with E-state index in [2.05, 4.69) is 0 Å². The molecule has 0 aliphatic carbocycles. The molecule has 0 saturated heterocycles. The van der Waals surface area contributed by atoms with Crippen LogP contribution in [0.5, 0.6) is 0 Å². The van der Waals surface area contributed by atoms with Crippen molar-refractivity contribution in [1.29, 1.82) is 0 Å². The van der Waals surface area contributed by atoms with Gasteiger partial charge in [0.05, 0.1) is 5.88 Å². The van der Waals surface area contributed by atoms with Crippen LogP contribution in [0.4, 0.5) is 0 Å². The second-order valence-corrected chi connectivity index (χ2v) is 3.43. The van der Waals surface area contributed by atoms with Crippen LogP contribution in [-0.2, 0) is 0 Å². The molecule has 1 aromatic rings. The smallest absolute Gasteiger partial charge is 0.177 e. The number of alkyl halides is 1. The van der Waals surface area contributed by atoms with Crippen LogP contribution in [-0.4, -0.2) is 18.2 Å². The third-order valence-corrected chi connectivity index (χ3v) is 2.24. The topological polar surface area (TPSA) is 43.1 Å². The number of carbonyl (C=O) groups excluding carboxylic acids is 1. The first kappa shape index (κ1) is 12.0. The summed E-state index contributed by atoms with van der Waals surface area (Å²) in [6, 6.07) is 7.36. The molecule has 1 rings (SSSR count). The van der Waals surface area contributed by atoms with Gasteiger partial charge in [-0.3, -0.25) is 4.79 Å². The minimum Gasteiger partial charge on any atom is -0.330 e. The second-order valence-electron chi connectivity index (χ2n) is 3.16. The third kappa shape index (κ3) is 3.86. The number of hydrogen-bond donors (Lipinski definition) is 1. The Morgan fingerprint density at radius 1 is 1.33 bits per heavy atom. The van der Waals surface area contributed by atoms with Crippen molar-refractivity contribution < 1.29 is 4.79 Å². The number of halogens is 1. The monoisotopic (exact) mass is 223 g/mol. The third-order valence-electron chi connectivity index (χ3n) is 2.00. The fraction of sp³-hybridized carbons (Fsp3) is 0.250. The van der Waals surface area contributed by atoms with Crippen molar-refractivity contribution in [2.75, 3.05) is 12.4 Å². The lowest BCUT2D eigenvalue weighted by atomic mass is 10.1. The molecule has 1 aromatic carbocycles. The molecule has 0 heterocycles. The van der Waals surface area contributed by atoms with E-state index in [4.69, 9.17) is 17.3 Å². The van der Waals surface area contributed by atoms with Crippen LogP contribution in [0.1, 0.15) is 22.3 Å². The second kappa shape index (κ2) is 6.38. The highest BCUT2D eigenvalue weighted by molar-refractivity contribution is 6.30. The Morgan fingerprint density at radius 3 is 2.53 bits per heavy atom. The summed E-state index contributed by atoms with van der Waals surface area (Å²) in [6.45, 7) is 0.652. The maximum Gasteiger partial charge on any atom is 0.177 e. The van der Waals surface area contributed by atoms with Crippen molar-refractivity contribution in [1.82, 2.24) is 0 Å². The summed E-state index contributed by atoms with van der Waals surface area (Å²) in [5.74, 6) is -0.0170. The van der Waals surface area contributed by atoms with E-state index < -0.39 is 0 Å². The molecule has 0 amide bonds. The molecule has 0 unspecified atom stereocenters. The van der Waals surface area contributed by atoms with Crippen molar-refractivity contribution in [3.8, 4) is 0 Å². The van der Waals surface area contributed by atoms with Crippen LogP contribution in [0.2, 0.25) is 0 Å². The van der Waals surface area contributed by atoms with Gasteiger partial charge in [0.2, 0.25) is 0 Å². The summed E-state index contributed by atoms with van der Waals surface area (Å²) in [5, 5.41) is 0. The van der Waals surface area contributed by atoms with Gasteiger partial charge >= 0.3 is 0 Å². The highest BCUT2D eigenvalue weighted by Crippen LogP contribution is 2.07. The number of carbonyl (C=O) groups is 1. The Kier molecular flexibility index (Phi) is 5.08. The number of hydrogen-bond acceptors (Lipinski definition) is 2. The predicted octanol–water partition coefficient (Wildman–Crippen LogP) is 2.47. The zero-order valence-corrected chi connectivity index (χ0v) is 9.20. The lowest BCUT2D eigenvalue weighted by molar-refractivity contribution is 0.102. The van der Waals surface area contributed by atoms with E-state index in [-0.39, 0.29) is 11.7 Å². The molecular weight excluding hydrogens is 210 g/mol. The van der Waals surface area contributed by atoms with Gasteiger partial charge < -0.3 is 5.73 Å². The predicted molar refractivity (Wildman–Crippen MR) is 64.2 cm³/mol. The van der Waals surface area contributed by atoms with Gasteiger partial charge in [-0.05, 0) is 18.5 Å². The number of benzene rings is 1. The molecule has 0 spiro atoms. The minimum atomic E-state index is -0.0471. The van der Waals surface area contributed by atoms with Crippen molar-refractivity contribution in [2.24, 2.45) is 5.73 Å². The average Bonchev–Trinajstić information content (AvgIpc) is 2.29. The van der Waals surface area contributed by atoms with Gasteiger partial charge in [-0.1, -0.05) is 36.4 Å². The summed E-state index contributed by atoms with van der Waals surface area (Å²) in [7, 11) is 0. The van der Waals surface area contributed by atoms with E-state index in [9.17, 15) is 4.79 Å². The molecule has 0 aliphatic rings. The molecular formula is C12H14ClNO. The van der Waals surface area contributed by atoms with Crippen molar-refractivity contribution in [3.05, 3.63) is 41.5 Å². The summed E-state index contributed by atoms with van der Waals surface area (Å²) < 4.78 is 0. The summed E-state index contributed by atoms with van der Waals surface area (Å²) in [5.41, 5.74) is 7.08. The first-order valence-electron chi connectivity index (χ1n) is 4.83. The lowest BCUT2D eigenvalue weighted by Gasteiger charge is -1.97. The van der Waals surface area contributed by atoms with Gasteiger partial charge in [-0.15, -0.1) is 11.6 Å². The van der Waals surface area contributed by atoms with Crippen molar-refractivity contribution >= 4 is 23.5 Å². The van der Waals surface area contributed by atoms with E-state index in [0.29, 0.717) is 12.1 Å². The molecule has 15 heavy (non-hydrogen) atoms. The fourth-order valence-electron chi connectivity index (χ4n) is 1.17. The van der Waals surface area contributed by atoms with Gasteiger partial charge in [-0.25, -0.2) is 0 Å². The quantitative estimate of drug-likeness (QED) is 0.616. The number of nitrogens with two attached hydrogens (primary N) is 1. The molecule has 0 saturated carbocycles. The highest BCUT2D eigenvalue weighted by atomic mass is 35.5. The fourth-order valence-corrected chi connectivity index (χ4v) is 1.33. The maximum absolute atomic E-state index is 11.2. The normalized spacial score (nSPS) is 10.8. The van der Waals surface area contributed by atoms with E-state index in [1.54, 1.807) is 12.1 Å². The Labute approximate surface area is 94.7 Å². The van der Waals surface area contributed by atoms with Crippen LogP contribution < -0.4 is 5.73 Å². The summed E-state index contributed by atoms with van der Waals surface area (Å²) in [4.78, 5) is 11.2. The zero-order chi connectivity index (χ0) is 11.1. The van der Waals surface area contributed by atoms with Crippen LogP contribution in [0.25, 0.3) is 6.08 Å². The van der Waals surface area contributed by atoms with Crippen LogP contribution >= 0.6 is 11.6 Å². The van der Waals surface area contributed by atoms with Crippen molar-refractivity contribution in [3.63, 3.8) is 0 Å².